The number of hydrogen-bond acceptors (Lipinski definition) is 4. The fourth-order valence-corrected chi connectivity index (χ4v) is 3.32. The van der Waals surface area contributed by atoms with Crippen molar-refractivity contribution < 1.29 is 21.6 Å². The van der Waals surface area contributed by atoms with Crippen LogP contribution in [0.4, 0.5) is 13.2 Å². The summed E-state index contributed by atoms with van der Waals surface area (Å²) in [5, 5.41) is 0. The first-order chi connectivity index (χ1) is 10.6. The molecule has 1 N–H and O–H groups in total. The van der Waals surface area contributed by atoms with Crippen molar-refractivity contribution in [3.8, 4) is 0 Å². The Morgan fingerprint density at radius 3 is 2.70 bits per heavy atom. The highest BCUT2D eigenvalue weighted by Gasteiger charge is 2.36. The molecule has 1 aromatic heterocycles. The zero-order chi connectivity index (χ0) is 17.3. The molecule has 1 fully saturated rings. The molecule has 0 aliphatic carbocycles. The van der Waals surface area contributed by atoms with Crippen molar-refractivity contribution in [2.45, 2.75) is 24.9 Å². The van der Waals surface area contributed by atoms with Gasteiger partial charge in [0.05, 0.1) is 6.26 Å². The van der Waals surface area contributed by atoms with Crippen LogP contribution in [0.1, 0.15) is 30.3 Å². The maximum absolute atomic E-state index is 12.8. The van der Waals surface area contributed by atoms with Crippen LogP contribution >= 0.6 is 0 Å². The molecule has 1 aliphatic rings. The molecule has 0 aromatic carbocycles. The molecule has 0 saturated carbocycles. The van der Waals surface area contributed by atoms with E-state index >= 15 is 0 Å². The zero-order valence-corrected chi connectivity index (χ0v) is 13.9. The Labute approximate surface area is 133 Å². The minimum Gasteiger partial charge on any atom is -0.337 e. The van der Waals surface area contributed by atoms with Crippen LogP contribution in [0.25, 0.3) is 0 Å². The normalized spacial score (nSPS) is 20.8. The van der Waals surface area contributed by atoms with Crippen LogP contribution in [-0.2, 0) is 23.2 Å². The summed E-state index contributed by atoms with van der Waals surface area (Å²) in [7, 11) is -1.66. The van der Waals surface area contributed by atoms with Gasteiger partial charge in [-0.2, -0.15) is 13.2 Å². The van der Waals surface area contributed by atoms with E-state index < -0.39 is 21.9 Å². The van der Waals surface area contributed by atoms with Gasteiger partial charge in [0.15, 0.2) is 5.69 Å². The molecule has 1 unspecified atom stereocenters. The Morgan fingerprint density at radius 1 is 1.43 bits per heavy atom. The van der Waals surface area contributed by atoms with Gasteiger partial charge in [0.1, 0.15) is 5.82 Å². The Bertz CT molecular complexity index is 642. The van der Waals surface area contributed by atoms with Crippen LogP contribution < -0.4 is 4.72 Å². The maximum Gasteiger partial charge on any atom is 0.434 e. The summed E-state index contributed by atoms with van der Waals surface area (Å²) in [5.41, 5.74) is -0.870. The van der Waals surface area contributed by atoms with E-state index in [1.54, 1.807) is 7.05 Å². The van der Waals surface area contributed by atoms with Gasteiger partial charge in [-0.05, 0) is 19.4 Å². The summed E-state index contributed by atoms with van der Waals surface area (Å²) in [6.45, 7) is 2.20. The van der Waals surface area contributed by atoms with Crippen LogP contribution in [0, 0.1) is 0 Å². The van der Waals surface area contributed by atoms with Gasteiger partial charge in [-0.1, -0.05) is 0 Å². The van der Waals surface area contributed by atoms with Gasteiger partial charge in [-0.25, -0.2) is 18.1 Å². The van der Waals surface area contributed by atoms with Gasteiger partial charge >= 0.3 is 6.18 Å². The van der Waals surface area contributed by atoms with E-state index in [-0.39, 0.29) is 5.92 Å². The summed E-state index contributed by atoms with van der Waals surface area (Å²) < 4.78 is 64.2. The Morgan fingerprint density at radius 2 is 2.13 bits per heavy atom. The van der Waals surface area contributed by atoms with E-state index in [2.05, 4.69) is 9.71 Å². The number of halogens is 3. The summed E-state index contributed by atoms with van der Waals surface area (Å²) in [6, 6.07) is 0. The monoisotopic (exact) mass is 354 g/mol. The van der Waals surface area contributed by atoms with E-state index in [9.17, 15) is 21.6 Å². The van der Waals surface area contributed by atoms with Crippen LogP contribution in [0.2, 0.25) is 0 Å². The smallest absolute Gasteiger partial charge is 0.337 e. The van der Waals surface area contributed by atoms with Crippen LogP contribution in [0.3, 0.4) is 0 Å². The standard InChI is InChI=1S/C13H21F3N4O2S/c1-19-9-11(13(14,15)16)18-12(19)10-4-3-6-20(8-10)7-5-17-23(2,21)22/h9-10,17H,3-8H2,1-2H3. The quantitative estimate of drug-likeness (QED) is 0.862. The summed E-state index contributed by atoms with van der Waals surface area (Å²) >= 11 is 0. The van der Waals surface area contributed by atoms with Gasteiger partial charge in [0.2, 0.25) is 10.0 Å². The molecule has 2 rings (SSSR count). The van der Waals surface area contributed by atoms with Crippen molar-refractivity contribution in [3.63, 3.8) is 0 Å². The van der Waals surface area contributed by atoms with Gasteiger partial charge in [-0.3, -0.25) is 0 Å². The summed E-state index contributed by atoms with van der Waals surface area (Å²) in [6.07, 6.45) is -0.711. The zero-order valence-electron chi connectivity index (χ0n) is 13.1. The molecule has 1 aliphatic heterocycles. The topological polar surface area (TPSA) is 67.2 Å². The fourth-order valence-electron chi connectivity index (χ4n) is 2.86. The number of likely N-dealkylation sites (tertiary alicyclic amines) is 1. The number of aromatic nitrogens is 2. The lowest BCUT2D eigenvalue weighted by molar-refractivity contribution is -0.141. The molecule has 0 bridgehead atoms. The molecule has 1 aromatic rings. The molecule has 0 radical (unpaired) electrons. The van der Waals surface area contributed by atoms with Crippen molar-refractivity contribution in [2.24, 2.45) is 7.05 Å². The van der Waals surface area contributed by atoms with E-state index in [1.165, 1.54) is 4.57 Å². The van der Waals surface area contributed by atoms with E-state index in [1.807, 2.05) is 4.90 Å². The number of nitrogens with zero attached hydrogens (tertiary/aromatic N) is 3. The van der Waals surface area contributed by atoms with Gasteiger partial charge in [-0.15, -0.1) is 0 Å². The molecule has 132 valence electrons. The third-order valence-electron chi connectivity index (χ3n) is 3.87. The number of piperidine rings is 1. The maximum atomic E-state index is 12.8. The van der Waals surface area contributed by atoms with E-state index in [0.717, 1.165) is 31.8 Å². The molecule has 6 nitrogen and oxygen atoms in total. The first-order valence-electron chi connectivity index (χ1n) is 7.33. The Kier molecular flexibility index (Phi) is 5.37. The minimum atomic E-state index is -4.44. The number of nitrogens with one attached hydrogen (secondary N) is 1. The molecule has 1 atom stereocenters. The second-order valence-electron chi connectivity index (χ2n) is 5.90. The predicted molar refractivity (Wildman–Crippen MR) is 79.5 cm³/mol. The Balaban J connectivity index is 2.00. The average Bonchev–Trinajstić information content (AvgIpc) is 2.80. The average molecular weight is 354 g/mol. The lowest BCUT2D eigenvalue weighted by Gasteiger charge is -2.32. The predicted octanol–water partition coefficient (Wildman–Crippen LogP) is 1.17. The number of alkyl halides is 3. The molecule has 0 amide bonds. The summed E-state index contributed by atoms with van der Waals surface area (Å²) in [4.78, 5) is 5.81. The molecule has 2 heterocycles. The van der Waals surface area contributed by atoms with Crippen molar-refractivity contribution in [2.75, 3.05) is 32.4 Å². The van der Waals surface area contributed by atoms with Crippen molar-refractivity contribution in [3.05, 3.63) is 17.7 Å². The lowest BCUT2D eigenvalue weighted by atomic mass is 9.97. The second kappa shape index (κ2) is 6.78. The van der Waals surface area contributed by atoms with Gasteiger partial charge in [0, 0.05) is 38.8 Å². The van der Waals surface area contributed by atoms with E-state index in [0.29, 0.717) is 25.5 Å². The van der Waals surface area contributed by atoms with Crippen molar-refractivity contribution in [1.82, 2.24) is 19.2 Å². The number of imidazole rings is 1. The van der Waals surface area contributed by atoms with Crippen molar-refractivity contribution >= 4 is 10.0 Å². The van der Waals surface area contributed by atoms with Crippen LogP contribution in [-0.4, -0.2) is 55.3 Å². The first-order valence-corrected chi connectivity index (χ1v) is 9.23. The van der Waals surface area contributed by atoms with E-state index in [4.69, 9.17) is 0 Å². The summed E-state index contributed by atoms with van der Waals surface area (Å²) in [5.74, 6) is 0.348. The fraction of sp³-hybridized carbons (Fsp3) is 0.769. The molecule has 10 heteroatoms. The molecule has 1 saturated heterocycles. The molecular weight excluding hydrogens is 333 g/mol. The van der Waals surface area contributed by atoms with Crippen molar-refractivity contribution in [1.29, 1.82) is 0 Å². The first kappa shape index (κ1) is 18.2. The number of hydrogen-bond donors (Lipinski definition) is 1. The molecule has 23 heavy (non-hydrogen) atoms. The third kappa shape index (κ3) is 5.18. The largest absolute Gasteiger partial charge is 0.434 e. The van der Waals surface area contributed by atoms with Crippen LogP contribution in [0.5, 0.6) is 0 Å². The number of aryl methyl sites for hydroxylation is 1. The highest BCUT2D eigenvalue weighted by molar-refractivity contribution is 7.88. The van der Waals surface area contributed by atoms with Gasteiger partial charge in [0.25, 0.3) is 0 Å². The highest BCUT2D eigenvalue weighted by Crippen LogP contribution is 2.32. The highest BCUT2D eigenvalue weighted by atomic mass is 32.2. The third-order valence-corrected chi connectivity index (χ3v) is 4.59. The molecule has 0 spiro atoms. The second-order valence-corrected chi connectivity index (χ2v) is 7.73. The Hall–Kier alpha value is -1.13. The molecular formula is C13H21F3N4O2S. The van der Waals surface area contributed by atoms with Crippen LogP contribution in [0.15, 0.2) is 6.20 Å². The van der Waals surface area contributed by atoms with Gasteiger partial charge < -0.3 is 9.47 Å². The lowest BCUT2D eigenvalue weighted by Crippen LogP contribution is -2.40. The SMILES string of the molecule is Cn1cc(C(F)(F)F)nc1C1CCCN(CCNS(C)(=O)=O)C1. The number of sulfonamides is 1. The minimum absolute atomic E-state index is 0.0805. The number of rotatable bonds is 5.